The molecule has 1 saturated heterocycles. The summed E-state index contributed by atoms with van der Waals surface area (Å²) in [6.45, 7) is 7.23. The normalized spacial score (nSPS) is 21.5. The molecule has 1 unspecified atom stereocenters. The van der Waals surface area contributed by atoms with Gasteiger partial charge in [0.25, 0.3) is 0 Å². The van der Waals surface area contributed by atoms with Crippen molar-refractivity contribution in [1.29, 1.82) is 0 Å². The fourth-order valence-electron chi connectivity index (χ4n) is 4.04. The van der Waals surface area contributed by atoms with E-state index in [1.165, 1.54) is 30.4 Å². The maximum Gasteiger partial charge on any atom is 0.185 e. The molecule has 4 rings (SSSR count). The zero-order valence-corrected chi connectivity index (χ0v) is 18.1. The fourth-order valence-corrected chi connectivity index (χ4v) is 4.04. The van der Waals surface area contributed by atoms with Crippen LogP contribution in [-0.2, 0) is 6.42 Å². The van der Waals surface area contributed by atoms with Gasteiger partial charge in [-0.25, -0.2) is 4.99 Å². The van der Waals surface area contributed by atoms with Crippen molar-refractivity contribution in [3.05, 3.63) is 77.6 Å². The Kier molecular flexibility index (Phi) is 6.38. The molecule has 0 bridgehead atoms. The number of nitrogens with zero attached hydrogens (tertiary/aromatic N) is 2. The number of nitrogens with one attached hydrogen (secondary N) is 3. The molecule has 5 heteroatoms. The number of hydrogen-bond acceptors (Lipinski definition) is 5. The maximum absolute atomic E-state index is 5.08. The quantitative estimate of drug-likeness (QED) is 0.675. The van der Waals surface area contributed by atoms with E-state index >= 15 is 0 Å². The summed E-state index contributed by atoms with van der Waals surface area (Å²) >= 11 is 0. The van der Waals surface area contributed by atoms with E-state index in [0.717, 1.165) is 43.4 Å². The second-order valence-corrected chi connectivity index (χ2v) is 8.43. The van der Waals surface area contributed by atoms with Crippen LogP contribution in [0.2, 0.25) is 0 Å². The van der Waals surface area contributed by atoms with Gasteiger partial charge in [0.15, 0.2) is 5.79 Å². The number of piperidine rings is 1. The van der Waals surface area contributed by atoms with Crippen LogP contribution >= 0.6 is 0 Å². The van der Waals surface area contributed by atoms with Crippen molar-refractivity contribution in [2.24, 2.45) is 4.99 Å². The smallest absolute Gasteiger partial charge is 0.185 e. The van der Waals surface area contributed by atoms with Crippen LogP contribution < -0.4 is 16.0 Å². The third-order valence-electron chi connectivity index (χ3n) is 5.73. The van der Waals surface area contributed by atoms with Gasteiger partial charge < -0.3 is 15.5 Å². The first-order valence-electron chi connectivity index (χ1n) is 11.1. The van der Waals surface area contributed by atoms with E-state index in [4.69, 9.17) is 4.99 Å². The van der Waals surface area contributed by atoms with Gasteiger partial charge in [-0.2, -0.15) is 0 Å². The molecule has 1 atom stereocenters. The largest absolute Gasteiger partial charge is 0.357 e. The van der Waals surface area contributed by atoms with Crippen molar-refractivity contribution in [1.82, 2.24) is 15.5 Å². The van der Waals surface area contributed by atoms with Crippen molar-refractivity contribution >= 4 is 11.5 Å². The highest BCUT2D eigenvalue weighted by atomic mass is 15.4. The maximum atomic E-state index is 5.08. The highest BCUT2D eigenvalue weighted by Gasteiger charge is 2.29. The monoisotopic (exact) mass is 403 g/mol. The molecule has 1 fully saturated rings. The summed E-state index contributed by atoms with van der Waals surface area (Å²) in [5.74, 6) is 1.48. The minimum atomic E-state index is -0.552. The molecule has 158 valence electrons. The molecule has 0 radical (unpaired) electrons. The van der Waals surface area contributed by atoms with Gasteiger partial charge >= 0.3 is 0 Å². The average Bonchev–Trinajstić information content (AvgIpc) is 2.76. The Morgan fingerprint density at radius 1 is 1.00 bits per heavy atom. The molecule has 0 aromatic heterocycles. The van der Waals surface area contributed by atoms with Gasteiger partial charge in [0, 0.05) is 31.4 Å². The molecule has 5 nitrogen and oxygen atoms in total. The van der Waals surface area contributed by atoms with Crippen molar-refractivity contribution in [3.63, 3.8) is 0 Å². The zero-order valence-electron chi connectivity index (χ0n) is 18.1. The van der Waals surface area contributed by atoms with Crippen LogP contribution in [0.3, 0.4) is 0 Å². The van der Waals surface area contributed by atoms with Gasteiger partial charge in [-0.05, 0) is 57.2 Å². The van der Waals surface area contributed by atoms with Crippen LogP contribution in [0.25, 0.3) is 0 Å². The zero-order chi connectivity index (χ0) is 20.8. The molecular weight excluding hydrogens is 370 g/mol. The Morgan fingerprint density at radius 3 is 2.47 bits per heavy atom. The van der Waals surface area contributed by atoms with Gasteiger partial charge in [-0.1, -0.05) is 48.0 Å². The number of anilines is 1. The Balaban J connectivity index is 1.49. The second kappa shape index (κ2) is 9.35. The lowest BCUT2D eigenvalue weighted by Crippen LogP contribution is -2.57. The summed E-state index contributed by atoms with van der Waals surface area (Å²) in [7, 11) is 0. The first-order chi connectivity index (χ1) is 14.6. The summed E-state index contributed by atoms with van der Waals surface area (Å²) in [6, 6.07) is 19.1. The Labute approximate surface area is 180 Å². The van der Waals surface area contributed by atoms with Crippen LogP contribution in [0, 0.1) is 6.92 Å². The van der Waals surface area contributed by atoms with E-state index in [1.54, 1.807) is 0 Å². The van der Waals surface area contributed by atoms with E-state index in [1.807, 2.05) is 0 Å². The predicted molar refractivity (Wildman–Crippen MR) is 125 cm³/mol. The lowest BCUT2D eigenvalue weighted by atomic mass is 10.1. The van der Waals surface area contributed by atoms with Gasteiger partial charge in [0.2, 0.25) is 0 Å². The number of hydrogen-bond donors (Lipinski definition) is 3. The Hall–Kier alpha value is -2.79. The molecule has 2 aromatic carbocycles. The summed E-state index contributed by atoms with van der Waals surface area (Å²) in [4.78, 5) is 7.49. The van der Waals surface area contributed by atoms with Crippen molar-refractivity contribution < 1.29 is 0 Å². The van der Waals surface area contributed by atoms with E-state index < -0.39 is 5.79 Å². The standard InChI is InChI=1S/C25H33N5/c1-20-11-13-22(14-12-20)27-23-19-24(30-17-7-4-8-18-30)29-25(2,28-23)26-16-15-21-9-5-3-6-10-21/h3,5-6,9-14,19,26-28H,4,7-8,15-18H2,1-2H3. The van der Waals surface area contributed by atoms with Crippen LogP contribution in [0.1, 0.15) is 37.3 Å². The van der Waals surface area contributed by atoms with Crippen molar-refractivity contribution in [2.45, 2.75) is 45.3 Å². The molecule has 2 aliphatic heterocycles. The number of rotatable bonds is 6. The van der Waals surface area contributed by atoms with Crippen molar-refractivity contribution in [2.75, 3.05) is 25.0 Å². The van der Waals surface area contributed by atoms with Crippen LogP contribution in [0.15, 0.2) is 71.5 Å². The topological polar surface area (TPSA) is 51.7 Å². The number of amidine groups is 1. The highest BCUT2D eigenvalue weighted by Crippen LogP contribution is 2.20. The Morgan fingerprint density at radius 2 is 1.73 bits per heavy atom. The molecule has 0 saturated carbocycles. The number of aryl methyl sites for hydroxylation is 1. The first-order valence-corrected chi connectivity index (χ1v) is 11.1. The average molecular weight is 404 g/mol. The third kappa shape index (κ3) is 5.42. The summed E-state index contributed by atoms with van der Waals surface area (Å²) in [5.41, 5.74) is 3.66. The summed E-state index contributed by atoms with van der Waals surface area (Å²) < 4.78 is 0. The van der Waals surface area contributed by atoms with Crippen molar-refractivity contribution in [3.8, 4) is 0 Å². The number of benzene rings is 2. The number of likely N-dealkylation sites (tertiary alicyclic amines) is 1. The molecule has 2 aliphatic rings. The minimum absolute atomic E-state index is 0.552. The van der Waals surface area contributed by atoms with E-state index in [0.29, 0.717) is 0 Å². The Bertz CT molecular complexity index is 882. The molecule has 30 heavy (non-hydrogen) atoms. The first kappa shape index (κ1) is 20.5. The third-order valence-corrected chi connectivity index (χ3v) is 5.73. The van der Waals surface area contributed by atoms with Gasteiger partial charge in [0.1, 0.15) is 11.7 Å². The number of aliphatic imine (C=N–C) groups is 1. The SMILES string of the molecule is Cc1ccc(NC2=CC(N3CCCCC3)=NC(C)(NCCc3ccccc3)N2)cc1. The van der Waals surface area contributed by atoms with Gasteiger partial charge in [-0.3, -0.25) is 5.32 Å². The molecule has 2 heterocycles. The summed E-state index contributed by atoms with van der Waals surface area (Å²) in [5, 5.41) is 10.8. The molecule has 2 aromatic rings. The van der Waals surface area contributed by atoms with Crippen LogP contribution in [-0.4, -0.2) is 36.2 Å². The van der Waals surface area contributed by atoms with Crippen LogP contribution in [0.5, 0.6) is 0 Å². The lowest BCUT2D eigenvalue weighted by molar-refractivity contribution is 0.297. The van der Waals surface area contributed by atoms with E-state index in [-0.39, 0.29) is 0 Å². The summed E-state index contributed by atoms with van der Waals surface area (Å²) in [6.07, 6.45) is 6.90. The molecule has 0 amide bonds. The highest BCUT2D eigenvalue weighted by molar-refractivity contribution is 5.95. The van der Waals surface area contributed by atoms with E-state index in [2.05, 4.69) is 95.4 Å². The fraction of sp³-hybridized carbons (Fsp3) is 0.400. The van der Waals surface area contributed by atoms with Gasteiger partial charge in [0.05, 0.1) is 0 Å². The predicted octanol–water partition coefficient (Wildman–Crippen LogP) is 4.24. The van der Waals surface area contributed by atoms with Gasteiger partial charge in [-0.15, -0.1) is 0 Å². The molecule has 0 aliphatic carbocycles. The van der Waals surface area contributed by atoms with Crippen LogP contribution in [0.4, 0.5) is 5.69 Å². The second-order valence-electron chi connectivity index (χ2n) is 8.43. The molecule has 0 spiro atoms. The van der Waals surface area contributed by atoms with E-state index in [9.17, 15) is 0 Å². The lowest BCUT2D eigenvalue weighted by Gasteiger charge is -2.38. The minimum Gasteiger partial charge on any atom is -0.357 e. The molecule has 3 N–H and O–H groups in total. The molecular formula is C25H33N5.